The Labute approximate surface area is 182 Å². The number of carbonyl (C=O) groups is 1. The summed E-state index contributed by atoms with van der Waals surface area (Å²) in [6.45, 7) is 8.14. The number of thiazole rings is 1. The highest BCUT2D eigenvalue weighted by molar-refractivity contribution is 7.09. The molecule has 4 heterocycles. The zero-order valence-electron chi connectivity index (χ0n) is 18.0. The van der Waals surface area contributed by atoms with Gasteiger partial charge >= 0.3 is 0 Å². The highest BCUT2D eigenvalue weighted by Gasteiger charge is 2.31. The van der Waals surface area contributed by atoms with Gasteiger partial charge in [-0.3, -0.25) is 9.78 Å². The number of amides is 1. The third-order valence-electron chi connectivity index (χ3n) is 6.17. The monoisotopic (exact) mass is 422 g/mol. The van der Waals surface area contributed by atoms with Crippen molar-refractivity contribution in [3.05, 3.63) is 52.4 Å². The summed E-state index contributed by atoms with van der Waals surface area (Å²) < 4.78 is 2.39. The van der Waals surface area contributed by atoms with E-state index >= 15 is 0 Å². The van der Waals surface area contributed by atoms with Gasteiger partial charge in [-0.25, -0.2) is 4.98 Å². The lowest BCUT2D eigenvalue weighted by atomic mass is 9.92. The molecule has 0 aromatic carbocycles. The number of aryl methyl sites for hydroxylation is 2. The smallest absolute Gasteiger partial charge is 0.223 e. The highest BCUT2D eigenvalue weighted by atomic mass is 32.1. The van der Waals surface area contributed by atoms with Crippen molar-refractivity contribution in [1.29, 1.82) is 0 Å². The zero-order valence-corrected chi connectivity index (χ0v) is 18.9. The normalized spacial score (nSPS) is 19.8. The summed E-state index contributed by atoms with van der Waals surface area (Å²) in [7, 11) is 0. The Morgan fingerprint density at radius 3 is 3.00 bits per heavy atom. The number of hydrogen-bond donors (Lipinski definition) is 0. The lowest BCUT2D eigenvalue weighted by Crippen LogP contribution is -2.44. The molecule has 1 fully saturated rings. The molecule has 3 aromatic heterocycles. The van der Waals surface area contributed by atoms with Crippen molar-refractivity contribution in [3.8, 4) is 0 Å². The molecule has 0 radical (unpaired) electrons. The molecule has 30 heavy (non-hydrogen) atoms. The Morgan fingerprint density at radius 1 is 1.37 bits per heavy atom. The molecule has 0 spiro atoms. The Kier molecular flexibility index (Phi) is 6.32. The molecular weight excluding hydrogens is 392 g/mol. The molecule has 4 rings (SSSR count). The average Bonchev–Trinajstić information content (AvgIpc) is 3.42. The fourth-order valence-electron chi connectivity index (χ4n) is 4.37. The molecule has 1 aliphatic heterocycles. The Morgan fingerprint density at radius 2 is 2.23 bits per heavy atom. The fourth-order valence-corrected chi connectivity index (χ4v) is 4.99. The summed E-state index contributed by atoms with van der Waals surface area (Å²) in [6, 6.07) is 2.43. The molecule has 0 aliphatic carbocycles. The summed E-state index contributed by atoms with van der Waals surface area (Å²) in [4.78, 5) is 23.9. The number of rotatable bonds is 6. The molecular formula is C24H30N4OS. The van der Waals surface area contributed by atoms with Crippen molar-refractivity contribution in [2.45, 2.75) is 52.5 Å². The van der Waals surface area contributed by atoms with E-state index < -0.39 is 0 Å². The molecule has 0 bridgehead atoms. The van der Waals surface area contributed by atoms with E-state index in [0.29, 0.717) is 12.3 Å². The summed E-state index contributed by atoms with van der Waals surface area (Å²) >= 11 is 1.62. The second kappa shape index (κ2) is 9.13. The van der Waals surface area contributed by atoms with E-state index in [1.165, 1.54) is 11.1 Å². The number of pyridine rings is 1. The molecule has 1 aliphatic rings. The van der Waals surface area contributed by atoms with Crippen LogP contribution in [0.4, 0.5) is 0 Å². The third-order valence-corrected chi connectivity index (χ3v) is 7.01. The summed E-state index contributed by atoms with van der Waals surface area (Å²) in [5, 5.41) is 4.17. The fraction of sp³-hybridized carbons (Fsp3) is 0.458. The molecule has 3 aromatic rings. The van der Waals surface area contributed by atoms with Crippen LogP contribution in [0.3, 0.4) is 0 Å². The molecule has 1 saturated heterocycles. The first-order valence-corrected chi connectivity index (χ1v) is 11.7. The van der Waals surface area contributed by atoms with Gasteiger partial charge < -0.3 is 9.47 Å². The number of fused-ring (bicyclic) bond motifs is 1. The maximum atomic E-state index is 12.9. The van der Waals surface area contributed by atoms with Crippen molar-refractivity contribution in [2.75, 3.05) is 13.1 Å². The topological polar surface area (TPSA) is 51.0 Å². The molecule has 5 nitrogen and oxygen atoms in total. The number of nitrogens with zero attached hydrogens (tertiary/aromatic N) is 4. The SMILES string of the molecule is CC/C=C\c1c(C)ncc2ccn([C@H]3CN(C(=O)CCc4nccs4)CC[C@H]3C)c12. The van der Waals surface area contributed by atoms with Crippen LogP contribution >= 0.6 is 11.3 Å². The minimum absolute atomic E-state index is 0.238. The highest BCUT2D eigenvalue weighted by Crippen LogP contribution is 2.33. The first-order valence-electron chi connectivity index (χ1n) is 10.9. The van der Waals surface area contributed by atoms with Gasteiger partial charge in [0.2, 0.25) is 5.91 Å². The van der Waals surface area contributed by atoms with Crippen LogP contribution in [0.25, 0.3) is 17.0 Å². The van der Waals surface area contributed by atoms with Gasteiger partial charge in [0, 0.05) is 66.5 Å². The van der Waals surface area contributed by atoms with Gasteiger partial charge in [0.1, 0.15) is 0 Å². The van der Waals surface area contributed by atoms with Crippen molar-refractivity contribution in [1.82, 2.24) is 19.4 Å². The van der Waals surface area contributed by atoms with Crippen molar-refractivity contribution >= 4 is 34.2 Å². The average molecular weight is 423 g/mol. The quantitative estimate of drug-likeness (QED) is 0.544. The van der Waals surface area contributed by atoms with Crippen molar-refractivity contribution in [2.24, 2.45) is 5.92 Å². The summed E-state index contributed by atoms with van der Waals surface area (Å²) in [5.41, 5.74) is 3.48. The van der Waals surface area contributed by atoms with Gasteiger partial charge in [-0.1, -0.05) is 26.0 Å². The van der Waals surface area contributed by atoms with Crippen LogP contribution in [-0.4, -0.2) is 38.4 Å². The van der Waals surface area contributed by atoms with E-state index in [0.717, 1.165) is 48.4 Å². The van der Waals surface area contributed by atoms with Crippen molar-refractivity contribution < 1.29 is 4.79 Å². The second-order valence-corrected chi connectivity index (χ2v) is 9.17. The molecule has 0 N–H and O–H groups in total. The predicted octanol–water partition coefficient (Wildman–Crippen LogP) is 5.27. The lowest BCUT2D eigenvalue weighted by molar-refractivity contribution is -0.133. The van der Waals surface area contributed by atoms with Crippen LogP contribution in [0.2, 0.25) is 0 Å². The lowest BCUT2D eigenvalue weighted by Gasteiger charge is -2.38. The molecule has 2 atom stereocenters. The molecule has 1 amide bonds. The van der Waals surface area contributed by atoms with Crippen LogP contribution in [0.1, 0.15) is 55.4 Å². The Bertz CT molecular complexity index is 1040. The van der Waals surface area contributed by atoms with Crippen LogP contribution in [0.5, 0.6) is 0 Å². The van der Waals surface area contributed by atoms with Crippen LogP contribution < -0.4 is 0 Å². The number of carbonyl (C=O) groups excluding carboxylic acids is 1. The number of likely N-dealkylation sites (tertiary alicyclic amines) is 1. The minimum atomic E-state index is 0.238. The number of aromatic nitrogens is 3. The van der Waals surface area contributed by atoms with E-state index in [-0.39, 0.29) is 11.9 Å². The van der Waals surface area contributed by atoms with Crippen molar-refractivity contribution in [3.63, 3.8) is 0 Å². The van der Waals surface area contributed by atoms with Gasteiger partial charge in [0.05, 0.1) is 16.6 Å². The minimum Gasteiger partial charge on any atom is -0.342 e. The number of piperidine rings is 1. The maximum absolute atomic E-state index is 12.9. The Hall–Kier alpha value is -2.47. The maximum Gasteiger partial charge on any atom is 0.223 e. The van der Waals surface area contributed by atoms with E-state index in [4.69, 9.17) is 0 Å². The predicted molar refractivity (Wildman–Crippen MR) is 124 cm³/mol. The molecule has 158 valence electrons. The second-order valence-electron chi connectivity index (χ2n) is 8.19. The van der Waals surface area contributed by atoms with Crippen LogP contribution in [0.15, 0.2) is 36.1 Å². The largest absolute Gasteiger partial charge is 0.342 e. The third kappa shape index (κ3) is 4.19. The first kappa shape index (κ1) is 20.8. The van der Waals surface area contributed by atoms with E-state index in [2.05, 4.69) is 64.6 Å². The number of allylic oxidation sites excluding steroid dienone is 1. The van der Waals surface area contributed by atoms with Crippen LogP contribution in [-0.2, 0) is 11.2 Å². The molecule has 0 unspecified atom stereocenters. The van der Waals surface area contributed by atoms with Gasteiger partial charge in [-0.15, -0.1) is 11.3 Å². The van der Waals surface area contributed by atoms with Gasteiger partial charge in [-0.2, -0.15) is 0 Å². The first-order chi connectivity index (χ1) is 14.6. The molecule has 0 saturated carbocycles. The van der Waals surface area contributed by atoms with Crippen LogP contribution in [0, 0.1) is 12.8 Å². The summed E-state index contributed by atoms with van der Waals surface area (Å²) in [6.07, 6.45) is 13.6. The van der Waals surface area contributed by atoms with E-state index in [1.807, 2.05) is 17.8 Å². The standard InChI is InChI=1S/C24H30N4OS/c1-4-5-6-20-18(3)26-15-19-10-13-28(24(19)20)21-16-27(12-9-17(21)2)23(29)8-7-22-25-11-14-30-22/h5-6,10-11,13-15,17,21H,4,7-9,12,16H2,1-3H3/b6-5-/t17-,21+/m1/s1. The van der Waals surface area contributed by atoms with E-state index in [1.54, 1.807) is 11.3 Å². The Balaban J connectivity index is 1.59. The molecule has 6 heteroatoms. The summed E-state index contributed by atoms with van der Waals surface area (Å²) in [5.74, 6) is 0.752. The zero-order chi connectivity index (χ0) is 21.1. The van der Waals surface area contributed by atoms with Gasteiger partial charge in [0.15, 0.2) is 0 Å². The van der Waals surface area contributed by atoms with Gasteiger partial charge in [-0.05, 0) is 31.7 Å². The number of hydrogen-bond acceptors (Lipinski definition) is 4. The van der Waals surface area contributed by atoms with E-state index in [9.17, 15) is 4.79 Å². The van der Waals surface area contributed by atoms with Gasteiger partial charge in [0.25, 0.3) is 0 Å².